The summed E-state index contributed by atoms with van der Waals surface area (Å²) < 4.78 is 34.7. The fourth-order valence-corrected chi connectivity index (χ4v) is 6.13. The summed E-state index contributed by atoms with van der Waals surface area (Å²) in [5, 5.41) is 0. The second-order valence-corrected chi connectivity index (χ2v) is 11.6. The van der Waals surface area contributed by atoms with Crippen LogP contribution in [0.1, 0.15) is 26.7 Å². The number of carbonyl (C=O) groups is 1. The molecule has 2 aliphatic heterocycles. The van der Waals surface area contributed by atoms with Crippen LogP contribution in [0.2, 0.25) is 0 Å². The lowest BCUT2D eigenvalue weighted by Gasteiger charge is -2.44. The third-order valence-electron chi connectivity index (χ3n) is 6.87. The zero-order valence-electron chi connectivity index (χ0n) is 19.8. The first-order chi connectivity index (χ1) is 15.6. The van der Waals surface area contributed by atoms with Crippen molar-refractivity contribution in [1.82, 2.24) is 9.21 Å². The molecule has 1 spiro atoms. The van der Waals surface area contributed by atoms with Gasteiger partial charge < -0.3 is 14.5 Å². The van der Waals surface area contributed by atoms with Crippen molar-refractivity contribution in [3.05, 3.63) is 48.5 Å². The Kier molecular flexibility index (Phi) is 6.42. The van der Waals surface area contributed by atoms with Gasteiger partial charge >= 0.3 is 0 Å². The molecular formula is C25H33N3O4S. The topological polar surface area (TPSA) is 70.2 Å². The van der Waals surface area contributed by atoms with E-state index < -0.39 is 10.0 Å². The van der Waals surface area contributed by atoms with Crippen molar-refractivity contribution in [3.63, 3.8) is 0 Å². The Labute approximate surface area is 197 Å². The molecule has 0 atom stereocenters. The Bertz CT molecular complexity index is 1110. The van der Waals surface area contributed by atoms with Crippen LogP contribution in [0.15, 0.2) is 53.4 Å². The number of fused-ring (bicyclic) bond motifs is 1. The van der Waals surface area contributed by atoms with Gasteiger partial charge in [0.2, 0.25) is 15.9 Å². The van der Waals surface area contributed by atoms with Gasteiger partial charge in [-0.15, -0.1) is 0 Å². The second kappa shape index (κ2) is 8.99. The van der Waals surface area contributed by atoms with Gasteiger partial charge in [-0.1, -0.05) is 32.0 Å². The number of benzene rings is 2. The summed E-state index contributed by atoms with van der Waals surface area (Å²) in [6, 6.07) is 15.1. The number of amides is 1. The van der Waals surface area contributed by atoms with E-state index in [1.165, 1.54) is 4.31 Å². The lowest BCUT2D eigenvalue weighted by atomic mass is 9.78. The van der Waals surface area contributed by atoms with Gasteiger partial charge in [-0.3, -0.25) is 4.79 Å². The van der Waals surface area contributed by atoms with E-state index in [1.54, 1.807) is 19.2 Å². The Morgan fingerprint density at radius 1 is 1.06 bits per heavy atom. The summed E-state index contributed by atoms with van der Waals surface area (Å²) in [5.41, 5.74) is 1.43. The fraction of sp³-hybridized carbons (Fsp3) is 0.480. The predicted octanol–water partition coefficient (Wildman–Crippen LogP) is 3.73. The molecule has 0 radical (unpaired) electrons. The van der Waals surface area contributed by atoms with E-state index in [9.17, 15) is 13.2 Å². The third-order valence-corrected chi connectivity index (χ3v) is 8.69. The summed E-state index contributed by atoms with van der Waals surface area (Å²) in [5.74, 6) is 0.496. The first-order valence-electron chi connectivity index (χ1n) is 11.4. The fourth-order valence-electron chi connectivity index (χ4n) is 4.70. The van der Waals surface area contributed by atoms with Gasteiger partial charge in [-0.2, -0.15) is 0 Å². The van der Waals surface area contributed by atoms with Gasteiger partial charge in [-0.05, 0) is 43.2 Å². The number of piperidine rings is 1. The van der Waals surface area contributed by atoms with E-state index in [-0.39, 0.29) is 22.1 Å². The number of anilines is 2. The van der Waals surface area contributed by atoms with Crippen LogP contribution in [0.4, 0.5) is 11.4 Å². The lowest BCUT2D eigenvalue weighted by molar-refractivity contribution is -0.137. The molecule has 2 heterocycles. The molecule has 8 heteroatoms. The minimum absolute atomic E-state index is 0.0363. The molecule has 0 saturated carbocycles. The lowest BCUT2D eigenvalue weighted by Crippen LogP contribution is -2.52. The van der Waals surface area contributed by atoms with Crippen LogP contribution in [0.5, 0.6) is 5.75 Å². The maximum absolute atomic E-state index is 13.5. The second-order valence-electron chi connectivity index (χ2n) is 9.56. The molecule has 2 aromatic rings. The number of hydrogen-bond donors (Lipinski definition) is 0. The zero-order chi connectivity index (χ0) is 23.8. The summed E-state index contributed by atoms with van der Waals surface area (Å²) in [4.78, 5) is 16.4. The Morgan fingerprint density at radius 2 is 1.73 bits per heavy atom. The molecule has 0 N–H and O–H groups in total. The Morgan fingerprint density at radius 3 is 2.36 bits per heavy atom. The van der Waals surface area contributed by atoms with E-state index in [2.05, 4.69) is 0 Å². The summed E-state index contributed by atoms with van der Waals surface area (Å²) in [6.45, 7) is 5.87. The third kappa shape index (κ3) is 4.59. The van der Waals surface area contributed by atoms with Crippen LogP contribution in [0.3, 0.4) is 0 Å². The van der Waals surface area contributed by atoms with Crippen LogP contribution in [-0.2, 0) is 14.8 Å². The highest BCUT2D eigenvalue weighted by Crippen LogP contribution is 2.40. The van der Waals surface area contributed by atoms with Gasteiger partial charge in [0.1, 0.15) is 10.6 Å². The molecule has 0 unspecified atom stereocenters. The van der Waals surface area contributed by atoms with E-state index in [0.29, 0.717) is 32.0 Å². The zero-order valence-corrected chi connectivity index (χ0v) is 20.6. The molecule has 2 aliphatic rings. The number of rotatable bonds is 3. The molecular weight excluding hydrogens is 438 g/mol. The number of ether oxygens (including phenoxy) is 1. The average Bonchev–Trinajstić information content (AvgIpc) is 2.82. The standard InChI is InChI=1S/C25H33N3O4S/c1-19(2)24(29)28-14-12-25(13-15-28)17-26(3)33(30,31)23-16-21(10-11-22(23)32-18-25)27(4)20-8-6-5-7-9-20/h5-11,16,19H,12-15,17-18H2,1-4H3. The number of nitrogens with zero attached hydrogens (tertiary/aromatic N) is 3. The van der Waals surface area contributed by atoms with Gasteiger partial charge in [0.25, 0.3) is 0 Å². The van der Waals surface area contributed by atoms with Crippen molar-refractivity contribution in [2.75, 3.05) is 45.2 Å². The largest absolute Gasteiger partial charge is 0.492 e. The van der Waals surface area contributed by atoms with Crippen LogP contribution >= 0.6 is 0 Å². The number of sulfonamides is 1. The molecule has 1 amide bonds. The van der Waals surface area contributed by atoms with E-state index >= 15 is 0 Å². The van der Waals surface area contributed by atoms with Gasteiger partial charge in [0.15, 0.2) is 0 Å². The number of hydrogen-bond acceptors (Lipinski definition) is 5. The maximum atomic E-state index is 13.5. The molecule has 1 saturated heterocycles. The van der Waals surface area contributed by atoms with Gasteiger partial charge in [0.05, 0.1) is 6.61 Å². The Hall–Kier alpha value is -2.58. The van der Waals surface area contributed by atoms with E-state index in [1.807, 2.05) is 67.1 Å². The van der Waals surface area contributed by atoms with Crippen molar-refractivity contribution in [2.24, 2.45) is 11.3 Å². The summed E-state index contributed by atoms with van der Waals surface area (Å²) in [6.07, 6.45) is 1.44. The van der Waals surface area contributed by atoms with Crippen LogP contribution < -0.4 is 9.64 Å². The molecule has 33 heavy (non-hydrogen) atoms. The van der Waals surface area contributed by atoms with Crippen molar-refractivity contribution in [3.8, 4) is 5.75 Å². The first kappa shape index (κ1) is 23.6. The normalized spacial score (nSPS) is 20.0. The van der Waals surface area contributed by atoms with E-state index in [4.69, 9.17) is 4.74 Å². The van der Waals surface area contributed by atoms with Gasteiger partial charge in [0, 0.05) is 56.4 Å². The van der Waals surface area contributed by atoms with Crippen LogP contribution in [-0.4, -0.2) is 63.9 Å². The highest BCUT2D eigenvalue weighted by Gasteiger charge is 2.42. The predicted molar refractivity (Wildman–Crippen MR) is 129 cm³/mol. The first-order valence-corrected chi connectivity index (χ1v) is 12.9. The van der Waals surface area contributed by atoms with Gasteiger partial charge in [-0.25, -0.2) is 12.7 Å². The monoisotopic (exact) mass is 471 g/mol. The summed E-state index contributed by atoms with van der Waals surface area (Å²) in [7, 11) is -0.177. The summed E-state index contributed by atoms with van der Waals surface area (Å²) >= 11 is 0. The SMILES string of the molecule is CC(C)C(=O)N1CCC2(CC1)COc1ccc(N(C)c3ccccc3)cc1S(=O)(=O)N(C)C2. The smallest absolute Gasteiger partial charge is 0.246 e. The molecule has 2 aromatic carbocycles. The molecule has 1 fully saturated rings. The molecule has 0 aromatic heterocycles. The van der Waals surface area contributed by atoms with Crippen molar-refractivity contribution >= 4 is 27.3 Å². The quantitative estimate of drug-likeness (QED) is 0.682. The number of carbonyl (C=O) groups excluding carboxylic acids is 1. The highest BCUT2D eigenvalue weighted by atomic mass is 32.2. The average molecular weight is 472 g/mol. The molecule has 7 nitrogen and oxygen atoms in total. The van der Waals surface area contributed by atoms with Crippen LogP contribution in [0, 0.1) is 11.3 Å². The molecule has 0 bridgehead atoms. The van der Waals surface area contributed by atoms with Crippen molar-refractivity contribution < 1.29 is 17.9 Å². The highest BCUT2D eigenvalue weighted by molar-refractivity contribution is 7.89. The minimum Gasteiger partial charge on any atom is -0.492 e. The molecule has 178 valence electrons. The Balaban J connectivity index is 1.60. The van der Waals surface area contributed by atoms with Crippen LogP contribution in [0.25, 0.3) is 0 Å². The minimum atomic E-state index is -3.74. The maximum Gasteiger partial charge on any atom is 0.246 e. The van der Waals surface area contributed by atoms with Crippen molar-refractivity contribution in [2.45, 2.75) is 31.6 Å². The number of likely N-dealkylation sites (tertiary alicyclic amines) is 1. The molecule has 4 rings (SSSR count). The van der Waals surface area contributed by atoms with Crippen molar-refractivity contribution in [1.29, 1.82) is 0 Å². The number of para-hydroxylation sites is 1. The van der Waals surface area contributed by atoms with E-state index in [0.717, 1.165) is 24.2 Å². The molecule has 0 aliphatic carbocycles.